The highest BCUT2D eigenvalue weighted by molar-refractivity contribution is 5.89. The third-order valence-corrected chi connectivity index (χ3v) is 7.38. The number of benzene rings is 2. The Kier molecular flexibility index (Phi) is 9.67. The molecule has 6 nitrogen and oxygen atoms in total. The summed E-state index contributed by atoms with van der Waals surface area (Å²) in [6, 6.07) is 12.5. The van der Waals surface area contributed by atoms with Crippen molar-refractivity contribution in [3.63, 3.8) is 0 Å². The summed E-state index contributed by atoms with van der Waals surface area (Å²) < 4.78 is 31.8. The van der Waals surface area contributed by atoms with Crippen LogP contribution in [0.5, 0.6) is 0 Å². The molecule has 0 aliphatic carbocycles. The van der Waals surface area contributed by atoms with Crippen molar-refractivity contribution in [3.05, 3.63) is 65.7 Å². The highest BCUT2D eigenvalue weighted by Gasteiger charge is 2.33. The van der Waals surface area contributed by atoms with Crippen molar-refractivity contribution in [1.82, 2.24) is 15.1 Å². The van der Waals surface area contributed by atoms with Crippen molar-refractivity contribution >= 4 is 11.7 Å². The third-order valence-electron chi connectivity index (χ3n) is 7.38. The second kappa shape index (κ2) is 13.1. The van der Waals surface area contributed by atoms with E-state index in [1.54, 1.807) is 31.4 Å². The fraction of sp³-hybridized carbons (Fsp3) is 0.536. The first-order valence-electron chi connectivity index (χ1n) is 13.0. The molecule has 0 bridgehead atoms. The van der Waals surface area contributed by atoms with Crippen LogP contribution in [0, 0.1) is 23.5 Å². The van der Waals surface area contributed by atoms with Crippen LogP contribution >= 0.6 is 0 Å². The van der Waals surface area contributed by atoms with Crippen LogP contribution in [0.1, 0.15) is 24.8 Å². The van der Waals surface area contributed by atoms with Crippen LogP contribution in [0.2, 0.25) is 0 Å². The molecule has 0 unspecified atom stereocenters. The fourth-order valence-corrected chi connectivity index (χ4v) is 5.54. The maximum absolute atomic E-state index is 13.3. The minimum atomic E-state index is -0.330. The predicted octanol–water partition coefficient (Wildman–Crippen LogP) is 4.38. The first-order chi connectivity index (χ1) is 17.5. The maximum Gasteiger partial charge on any atom is 0.319 e. The molecule has 2 saturated heterocycles. The minimum Gasteiger partial charge on any atom is -0.383 e. The van der Waals surface area contributed by atoms with E-state index in [4.69, 9.17) is 4.74 Å². The summed E-state index contributed by atoms with van der Waals surface area (Å²) in [6.07, 6.45) is 4.16. The van der Waals surface area contributed by atoms with E-state index in [0.29, 0.717) is 24.1 Å². The SMILES string of the molecule is COCCN1CC[C@@H](NC(=O)Nc2ccc(F)cc2)[C@H](CN2CCC[C@@H](Cc3ccc(F)cc3)C2)C1. The Morgan fingerprint density at radius 2 is 1.69 bits per heavy atom. The molecule has 36 heavy (non-hydrogen) atoms. The quantitative estimate of drug-likeness (QED) is 0.537. The number of rotatable bonds is 9. The minimum absolute atomic E-state index is 0.0571. The summed E-state index contributed by atoms with van der Waals surface area (Å²) >= 11 is 0. The smallest absolute Gasteiger partial charge is 0.319 e. The number of hydrogen-bond acceptors (Lipinski definition) is 4. The Hall–Kier alpha value is -2.55. The van der Waals surface area contributed by atoms with E-state index in [0.717, 1.165) is 58.5 Å². The summed E-state index contributed by atoms with van der Waals surface area (Å²) in [5.41, 5.74) is 1.76. The highest BCUT2D eigenvalue weighted by Crippen LogP contribution is 2.25. The van der Waals surface area contributed by atoms with Gasteiger partial charge in [-0.15, -0.1) is 0 Å². The van der Waals surface area contributed by atoms with Gasteiger partial charge in [-0.2, -0.15) is 0 Å². The van der Waals surface area contributed by atoms with Gasteiger partial charge in [-0.1, -0.05) is 12.1 Å². The number of nitrogens with one attached hydrogen (secondary N) is 2. The van der Waals surface area contributed by atoms with Gasteiger partial charge in [0.05, 0.1) is 6.61 Å². The van der Waals surface area contributed by atoms with Gasteiger partial charge in [-0.25, -0.2) is 13.6 Å². The predicted molar refractivity (Wildman–Crippen MR) is 138 cm³/mol. The summed E-state index contributed by atoms with van der Waals surface area (Å²) in [5, 5.41) is 6.02. The van der Waals surface area contributed by atoms with E-state index < -0.39 is 0 Å². The second-order valence-corrected chi connectivity index (χ2v) is 10.2. The van der Waals surface area contributed by atoms with Crippen LogP contribution in [-0.2, 0) is 11.2 Å². The first kappa shape index (κ1) is 26.5. The van der Waals surface area contributed by atoms with Crippen LogP contribution in [0.3, 0.4) is 0 Å². The number of ether oxygens (including phenoxy) is 1. The van der Waals surface area contributed by atoms with Crippen molar-refractivity contribution in [2.45, 2.75) is 31.7 Å². The molecule has 0 aromatic heterocycles. The zero-order valence-electron chi connectivity index (χ0n) is 21.1. The van der Waals surface area contributed by atoms with Crippen LogP contribution in [-0.4, -0.2) is 74.9 Å². The molecule has 2 aliphatic rings. The van der Waals surface area contributed by atoms with Crippen molar-refractivity contribution < 1.29 is 18.3 Å². The van der Waals surface area contributed by atoms with Gasteiger partial charge in [0.1, 0.15) is 11.6 Å². The molecular formula is C28H38F2N4O2. The lowest BCUT2D eigenvalue weighted by Gasteiger charge is -2.42. The third kappa shape index (κ3) is 7.98. The van der Waals surface area contributed by atoms with E-state index >= 15 is 0 Å². The van der Waals surface area contributed by atoms with Gasteiger partial charge < -0.3 is 25.2 Å². The molecule has 2 aliphatic heterocycles. The first-order valence-corrected chi connectivity index (χ1v) is 13.0. The van der Waals surface area contributed by atoms with E-state index in [1.807, 2.05) is 12.1 Å². The molecule has 3 atom stereocenters. The number of piperidine rings is 2. The monoisotopic (exact) mass is 500 g/mol. The van der Waals surface area contributed by atoms with Crippen LogP contribution in [0.25, 0.3) is 0 Å². The number of likely N-dealkylation sites (tertiary alicyclic amines) is 2. The van der Waals surface area contributed by atoms with Gasteiger partial charge in [0.2, 0.25) is 0 Å². The number of carbonyl (C=O) groups excluding carboxylic acids is 1. The second-order valence-electron chi connectivity index (χ2n) is 10.2. The summed E-state index contributed by atoms with van der Waals surface area (Å²) in [7, 11) is 1.72. The highest BCUT2D eigenvalue weighted by atomic mass is 19.1. The van der Waals surface area contributed by atoms with Crippen LogP contribution < -0.4 is 10.6 Å². The average molecular weight is 501 g/mol. The number of carbonyl (C=O) groups is 1. The summed E-state index contributed by atoms with van der Waals surface area (Å²) in [4.78, 5) is 17.7. The lowest BCUT2D eigenvalue weighted by Crippen LogP contribution is -2.56. The number of anilines is 1. The van der Waals surface area contributed by atoms with Crippen molar-refractivity contribution in [1.29, 1.82) is 0 Å². The molecule has 0 spiro atoms. The Morgan fingerprint density at radius 3 is 2.42 bits per heavy atom. The summed E-state index contributed by atoms with van der Waals surface area (Å²) in [6.45, 7) is 6.39. The van der Waals surface area contributed by atoms with E-state index in [9.17, 15) is 13.6 Å². The largest absolute Gasteiger partial charge is 0.383 e. The van der Waals surface area contributed by atoms with Crippen molar-refractivity contribution in [3.8, 4) is 0 Å². The molecular weight excluding hydrogens is 462 g/mol. The molecule has 8 heteroatoms. The standard InChI is InChI=1S/C28H38F2N4O2/c1-36-16-15-33-14-12-27(32-28(35)31-26-10-8-25(30)9-11-26)23(19-33)20-34-13-2-3-22(18-34)17-21-4-6-24(29)7-5-21/h4-11,22-23,27H,2-3,12-20H2,1H3,(H2,31,32,35)/t22-,23-,27+/m0/s1. The Balaban J connectivity index is 1.35. The van der Waals surface area contributed by atoms with Crippen molar-refractivity contribution in [2.75, 3.05) is 58.3 Å². The molecule has 2 fully saturated rings. The van der Waals surface area contributed by atoms with E-state index in [2.05, 4.69) is 20.4 Å². The number of hydrogen-bond donors (Lipinski definition) is 2. The number of amides is 2. The van der Waals surface area contributed by atoms with Gasteiger partial charge in [0, 0.05) is 57.5 Å². The van der Waals surface area contributed by atoms with Gasteiger partial charge in [0.25, 0.3) is 0 Å². The molecule has 0 radical (unpaired) electrons. The maximum atomic E-state index is 13.3. The topological polar surface area (TPSA) is 56.8 Å². The van der Waals surface area contributed by atoms with E-state index in [1.165, 1.54) is 24.1 Å². The van der Waals surface area contributed by atoms with Gasteiger partial charge in [0.15, 0.2) is 0 Å². The average Bonchev–Trinajstić information content (AvgIpc) is 2.87. The molecule has 2 aromatic carbocycles. The molecule has 196 valence electrons. The number of nitrogens with zero attached hydrogens (tertiary/aromatic N) is 2. The molecule has 2 aromatic rings. The van der Waals surface area contributed by atoms with Crippen LogP contribution in [0.15, 0.2) is 48.5 Å². The molecule has 2 heterocycles. The zero-order valence-corrected chi connectivity index (χ0v) is 21.1. The molecule has 4 rings (SSSR count). The van der Waals surface area contributed by atoms with Gasteiger partial charge in [-0.3, -0.25) is 0 Å². The molecule has 0 saturated carbocycles. The summed E-state index contributed by atoms with van der Waals surface area (Å²) in [5.74, 6) is 0.315. The van der Waals surface area contributed by atoms with Gasteiger partial charge in [-0.05, 0) is 80.1 Å². The normalized spacial score (nSPS) is 23.4. The Morgan fingerprint density at radius 1 is 0.972 bits per heavy atom. The van der Waals surface area contributed by atoms with Gasteiger partial charge >= 0.3 is 6.03 Å². The Bertz CT molecular complexity index is 957. The number of halogens is 2. The zero-order chi connectivity index (χ0) is 25.3. The number of methoxy groups -OCH3 is 1. The fourth-order valence-electron chi connectivity index (χ4n) is 5.54. The molecule has 2 amide bonds. The van der Waals surface area contributed by atoms with Crippen LogP contribution in [0.4, 0.5) is 19.3 Å². The lowest BCUT2D eigenvalue weighted by molar-refractivity contribution is 0.0689. The van der Waals surface area contributed by atoms with Crippen molar-refractivity contribution in [2.24, 2.45) is 11.8 Å². The molecule has 2 N–H and O–H groups in total. The number of urea groups is 1. The lowest BCUT2D eigenvalue weighted by atomic mass is 9.88. The van der Waals surface area contributed by atoms with E-state index in [-0.39, 0.29) is 23.7 Å². The Labute approximate surface area is 213 Å².